The number of piperidine rings is 1. The fourth-order valence-corrected chi connectivity index (χ4v) is 3.17. The van der Waals surface area contributed by atoms with Crippen LogP contribution in [0.3, 0.4) is 0 Å². The van der Waals surface area contributed by atoms with Crippen molar-refractivity contribution in [2.45, 2.75) is 18.8 Å². The van der Waals surface area contributed by atoms with Crippen LogP contribution in [0.25, 0.3) is 0 Å². The summed E-state index contributed by atoms with van der Waals surface area (Å²) in [6, 6.07) is 13.0. The first-order chi connectivity index (χ1) is 12.7. The Morgan fingerprint density at radius 2 is 1.50 bits per heavy atom. The van der Waals surface area contributed by atoms with E-state index in [0.717, 1.165) is 31.6 Å². The number of carbonyl (C=O) groups excluding carboxylic acids is 1. The summed E-state index contributed by atoms with van der Waals surface area (Å²) in [6.45, 7) is 2.13. The number of benzene rings is 2. The van der Waals surface area contributed by atoms with Crippen molar-refractivity contribution in [3.8, 4) is 11.5 Å². The van der Waals surface area contributed by atoms with Gasteiger partial charge in [0.15, 0.2) is 0 Å². The quantitative estimate of drug-likeness (QED) is 0.763. The van der Waals surface area contributed by atoms with Crippen LogP contribution in [0.5, 0.6) is 11.5 Å². The van der Waals surface area contributed by atoms with Crippen molar-refractivity contribution < 1.29 is 14.3 Å². The average Bonchev–Trinajstić information content (AvgIpc) is 2.68. The predicted molar refractivity (Wildman–Crippen MR) is 103 cm³/mol. The van der Waals surface area contributed by atoms with E-state index in [9.17, 15) is 4.79 Å². The Morgan fingerprint density at radius 3 is 2.08 bits per heavy atom. The smallest absolute Gasteiger partial charge is 0.323 e. The molecular formula is C20H25N3O3. The van der Waals surface area contributed by atoms with Gasteiger partial charge in [0.2, 0.25) is 0 Å². The summed E-state index contributed by atoms with van der Waals surface area (Å²) >= 11 is 0. The number of nitrogens with one attached hydrogen (secondary N) is 3. The monoisotopic (exact) mass is 355 g/mol. The number of methoxy groups -OCH3 is 2. The van der Waals surface area contributed by atoms with Gasteiger partial charge >= 0.3 is 6.03 Å². The van der Waals surface area contributed by atoms with Gasteiger partial charge in [-0.1, -0.05) is 12.1 Å². The number of anilines is 2. The first-order valence-electron chi connectivity index (χ1n) is 8.79. The van der Waals surface area contributed by atoms with Crippen LogP contribution in [-0.2, 0) is 0 Å². The summed E-state index contributed by atoms with van der Waals surface area (Å²) in [5, 5.41) is 9.03. The summed E-state index contributed by atoms with van der Waals surface area (Å²) in [7, 11) is 3.14. The molecule has 1 fully saturated rings. The van der Waals surface area contributed by atoms with Crippen molar-refractivity contribution in [1.29, 1.82) is 0 Å². The Labute approximate surface area is 153 Å². The maximum absolute atomic E-state index is 12.3. The summed E-state index contributed by atoms with van der Waals surface area (Å²) in [5.41, 5.74) is 2.69. The van der Waals surface area contributed by atoms with E-state index in [1.807, 2.05) is 12.1 Å². The van der Waals surface area contributed by atoms with Crippen LogP contribution in [0, 0.1) is 0 Å². The number of hydrogen-bond donors (Lipinski definition) is 3. The second-order valence-corrected chi connectivity index (χ2v) is 6.33. The topological polar surface area (TPSA) is 71.6 Å². The summed E-state index contributed by atoms with van der Waals surface area (Å²) in [6.07, 6.45) is 2.32. The van der Waals surface area contributed by atoms with E-state index in [-0.39, 0.29) is 6.03 Å². The van der Waals surface area contributed by atoms with Gasteiger partial charge in [0.1, 0.15) is 11.5 Å². The van der Waals surface area contributed by atoms with Gasteiger partial charge in [-0.15, -0.1) is 0 Å². The summed E-state index contributed by atoms with van der Waals surface area (Å²) in [5.74, 6) is 1.83. The van der Waals surface area contributed by atoms with Crippen LogP contribution < -0.4 is 25.4 Å². The number of ether oxygens (including phenoxy) is 2. The highest BCUT2D eigenvalue weighted by molar-refractivity contribution is 6.00. The van der Waals surface area contributed by atoms with Gasteiger partial charge in [0, 0.05) is 29.6 Å². The third-order valence-corrected chi connectivity index (χ3v) is 4.59. The lowest BCUT2D eigenvalue weighted by molar-refractivity contribution is 0.262. The third-order valence-electron chi connectivity index (χ3n) is 4.59. The molecule has 2 aromatic carbocycles. The summed E-state index contributed by atoms with van der Waals surface area (Å²) < 4.78 is 10.4. The third kappa shape index (κ3) is 4.67. The second kappa shape index (κ2) is 8.58. The molecule has 0 bridgehead atoms. The van der Waals surface area contributed by atoms with Crippen LogP contribution in [-0.4, -0.2) is 33.3 Å². The summed E-state index contributed by atoms with van der Waals surface area (Å²) in [4.78, 5) is 12.3. The highest BCUT2D eigenvalue weighted by Crippen LogP contribution is 2.27. The molecule has 0 radical (unpaired) electrons. The maximum atomic E-state index is 12.3. The first kappa shape index (κ1) is 18.1. The Morgan fingerprint density at radius 1 is 0.923 bits per heavy atom. The minimum atomic E-state index is -0.310. The van der Waals surface area contributed by atoms with E-state index in [1.165, 1.54) is 5.56 Å². The molecule has 6 nitrogen and oxygen atoms in total. The first-order valence-corrected chi connectivity index (χ1v) is 8.79. The lowest BCUT2D eigenvalue weighted by Gasteiger charge is -2.23. The molecule has 2 amide bonds. The van der Waals surface area contributed by atoms with Crippen LogP contribution >= 0.6 is 0 Å². The van der Waals surface area contributed by atoms with Crippen LogP contribution in [0.15, 0.2) is 42.5 Å². The van der Waals surface area contributed by atoms with Gasteiger partial charge in [-0.05, 0) is 49.5 Å². The lowest BCUT2D eigenvalue weighted by Crippen LogP contribution is -2.26. The number of urea groups is 1. The van der Waals surface area contributed by atoms with E-state index >= 15 is 0 Å². The molecule has 1 aliphatic heterocycles. The molecule has 6 heteroatoms. The zero-order valence-corrected chi connectivity index (χ0v) is 15.2. The van der Waals surface area contributed by atoms with E-state index in [1.54, 1.807) is 32.4 Å². The molecule has 2 aromatic rings. The van der Waals surface area contributed by atoms with Gasteiger partial charge in [-0.2, -0.15) is 0 Å². The molecule has 0 spiro atoms. The Hall–Kier alpha value is -2.73. The molecule has 1 heterocycles. The van der Waals surface area contributed by atoms with Crippen LogP contribution in [0.4, 0.5) is 16.2 Å². The van der Waals surface area contributed by atoms with Gasteiger partial charge in [-0.3, -0.25) is 0 Å². The Kier molecular flexibility index (Phi) is 5.96. The van der Waals surface area contributed by atoms with Crippen molar-refractivity contribution in [3.05, 3.63) is 48.0 Å². The van der Waals surface area contributed by atoms with Crippen LogP contribution in [0.1, 0.15) is 24.3 Å². The highest BCUT2D eigenvalue weighted by Gasteiger charge is 2.15. The minimum Gasteiger partial charge on any atom is -0.497 e. The van der Waals surface area contributed by atoms with Crippen molar-refractivity contribution in [1.82, 2.24) is 5.32 Å². The fourth-order valence-electron chi connectivity index (χ4n) is 3.17. The number of hydrogen-bond acceptors (Lipinski definition) is 4. The van der Waals surface area contributed by atoms with E-state index in [4.69, 9.17) is 9.47 Å². The van der Waals surface area contributed by atoms with E-state index in [0.29, 0.717) is 23.1 Å². The predicted octanol–water partition coefficient (Wildman–Crippen LogP) is 3.81. The number of rotatable bonds is 5. The van der Waals surface area contributed by atoms with Crippen molar-refractivity contribution in [2.75, 3.05) is 37.9 Å². The molecule has 1 aliphatic rings. The molecule has 0 unspecified atom stereocenters. The van der Waals surface area contributed by atoms with Crippen molar-refractivity contribution >= 4 is 17.4 Å². The average molecular weight is 355 g/mol. The molecule has 26 heavy (non-hydrogen) atoms. The zero-order chi connectivity index (χ0) is 18.4. The van der Waals surface area contributed by atoms with Crippen molar-refractivity contribution in [3.63, 3.8) is 0 Å². The van der Waals surface area contributed by atoms with Crippen LogP contribution in [0.2, 0.25) is 0 Å². The zero-order valence-electron chi connectivity index (χ0n) is 15.2. The molecule has 0 atom stereocenters. The SMILES string of the molecule is COc1cc(NC(=O)Nc2ccc(C3CCNCC3)cc2)cc(OC)c1. The second-order valence-electron chi connectivity index (χ2n) is 6.33. The molecule has 138 valence electrons. The molecule has 0 aromatic heterocycles. The fraction of sp³-hybridized carbons (Fsp3) is 0.350. The molecule has 1 saturated heterocycles. The lowest BCUT2D eigenvalue weighted by atomic mass is 9.90. The molecule has 0 saturated carbocycles. The van der Waals surface area contributed by atoms with Gasteiger partial charge in [0.25, 0.3) is 0 Å². The number of amides is 2. The van der Waals surface area contributed by atoms with Gasteiger partial charge in [0.05, 0.1) is 14.2 Å². The molecule has 3 rings (SSSR count). The minimum absolute atomic E-state index is 0.310. The van der Waals surface area contributed by atoms with Gasteiger partial charge < -0.3 is 25.4 Å². The Balaban J connectivity index is 1.61. The molecular weight excluding hydrogens is 330 g/mol. The number of carbonyl (C=O) groups is 1. The standard InChI is InChI=1S/C20H25N3O3/c1-25-18-11-17(12-19(13-18)26-2)23-20(24)22-16-5-3-14(4-6-16)15-7-9-21-10-8-15/h3-6,11-13,15,21H,7-10H2,1-2H3,(H2,22,23,24). The normalized spacial score (nSPS) is 14.5. The highest BCUT2D eigenvalue weighted by atomic mass is 16.5. The van der Waals surface area contributed by atoms with Crippen molar-refractivity contribution in [2.24, 2.45) is 0 Å². The van der Waals surface area contributed by atoms with Gasteiger partial charge in [-0.25, -0.2) is 4.79 Å². The molecule has 3 N–H and O–H groups in total. The Bertz CT molecular complexity index is 718. The van der Waals surface area contributed by atoms with E-state index in [2.05, 4.69) is 28.1 Å². The maximum Gasteiger partial charge on any atom is 0.323 e. The van der Waals surface area contributed by atoms with E-state index < -0.39 is 0 Å². The molecule has 0 aliphatic carbocycles. The largest absolute Gasteiger partial charge is 0.497 e.